The first-order chi connectivity index (χ1) is 10.9. The Bertz CT molecular complexity index is 729. The Morgan fingerprint density at radius 1 is 1.43 bits per heavy atom. The average Bonchev–Trinajstić information content (AvgIpc) is 2.90. The Labute approximate surface area is 143 Å². The second kappa shape index (κ2) is 6.37. The van der Waals surface area contributed by atoms with Gasteiger partial charge in [0, 0.05) is 28.8 Å². The molecule has 0 fully saturated rings. The van der Waals surface area contributed by atoms with Crippen LogP contribution in [-0.4, -0.2) is 50.7 Å². The summed E-state index contributed by atoms with van der Waals surface area (Å²) in [5.74, 6) is 1.31. The van der Waals surface area contributed by atoms with Gasteiger partial charge in [0.2, 0.25) is 5.95 Å². The number of amides is 1. The molecule has 1 aliphatic heterocycles. The lowest BCUT2D eigenvalue weighted by Gasteiger charge is -2.31. The molecule has 23 heavy (non-hydrogen) atoms. The summed E-state index contributed by atoms with van der Waals surface area (Å²) in [6.45, 7) is 2.92. The number of anilines is 1. The predicted molar refractivity (Wildman–Crippen MR) is 90.4 cm³/mol. The van der Waals surface area contributed by atoms with E-state index in [0.29, 0.717) is 23.5 Å². The molecule has 0 saturated heterocycles. The predicted octanol–water partition coefficient (Wildman–Crippen LogP) is 2.13. The average molecular weight is 379 g/mol. The van der Waals surface area contributed by atoms with Gasteiger partial charge in [0.1, 0.15) is 5.82 Å². The van der Waals surface area contributed by atoms with E-state index >= 15 is 0 Å². The van der Waals surface area contributed by atoms with Crippen molar-refractivity contribution in [3.63, 3.8) is 0 Å². The first-order valence-corrected chi connectivity index (χ1v) is 8.26. The van der Waals surface area contributed by atoms with Gasteiger partial charge in [-0.1, -0.05) is 6.92 Å². The molecule has 0 aliphatic carbocycles. The molecular weight excluding hydrogens is 360 g/mol. The number of aromatic nitrogens is 4. The van der Waals surface area contributed by atoms with E-state index in [-0.39, 0.29) is 5.91 Å². The molecule has 1 amide bonds. The molecule has 8 heteroatoms. The van der Waals surface area contributed by atoms with Crippen molar-refractivity contribution in [2.24, 2.45) is 0 Å². The van der Waals surface area contributed by atoms with E-state index in [9.17, 15) is 4.79 Å². The van der Waals surface area contributed by atoms with Crippen molar-refractivity contribution in [2.45, 2.75) is 31.8 Å². The SMILES string of the molecule is CC1CC(N(C)C)Cn2nc(NC(=O)c3cncc(Br)c3)nc21. The summed E-state index contributed by atoms with van der Waals surface area (Å²) in [4.78, 5) is 22.9. The maximum atomic E-state index is 12.3. The van der Waals surface area contributed by atoms with Crippen LogP contribution in [0.4, 0.5) is 5.95 Å². The Balaban J connectivity index is 1.78. The van der Waals surface area contributed by atoms with Gasteiger partial charge in [0.05, 0.1) is 12.1 Å². The fourth-order valence-corrected chi connectivity index (χ4v) is 3.14. The van der Waals surface area contributed by atoms with Crippen LogP contribution < -0.4 is 5.32 Å². The largest absolute Gasteiger partial charge is 0.305 e. The van der Waals surface area contributed by atoms with E-state index in [4.69, 9.17) is 0 Å². The zero-order chi connectivity index (χ0) is 16.6. The van der Waals surface area contributed by atoms with Crippen LogP contribution in [0, 0.1) is 0 Å². The van der Waals surface area contributed by atoms with Gasteiger partial charge in [0.25, 0.3) is 5.91 Å². The first-order valence-electron chi connectivity index (χ1n) is 7.47. The highest BCUT2D eigenvalue weighted by molar-refractivity contribution is 9.10. The number of nitrogens with one attached hydrogen (secondary N) is 1. The third-order valence-electron chi connectivity index (χ3n) is 4.07. The van der Waals surface area contributed by atoms with E-state index in [2.05, 4.69) is 62.2 Å². The molecule has 122 valence electrons. The third-order valence-corrected chi connectivity index (χ3v) is 4.51. The minimum Gasteiger partial charge on any atom is -0.305 e. The first kappa shape index (κ1) is 16.1. The van der Waals surface area contributed by atoms with Gasteiger partial charge >= 0.3 is 0 Å². The van der Waals surface area contributed by atoms with Crippen LogP contribution in [0.1, 0.15) is 35.4 Å². The quantitative estimate of drug-likeness (QED) is 0.884. The van der Waals surface area contributed by atoms with Crippen LogP contribution in [0.3, 0.4) is 0 Å². The molecule has 3 heterocycles. The van der Waals surface area contributed by atoms with Crippen LogP contribution in [0.2, 0.25) is 0 Å². The Morgan fingerprint density at radius 3 is 2.91 bits per heavy atom. The number of rotatable bonds is 3. The molecule has 2 atom stereocenters. The third kappa shape index (κ3) is 3.42. The highest BCUT2D eigenvalue weighted by Gasteiger charge is 2.28. The molecule has 3 rings (SSSR count). The molecule has 1 N–H and O–H groups in total. The minimum absolute atomic E-state index is 0.265. The van der Waals surface area contributed by atoms with Gasteiger partial charge in [-0.25, -0.2) is 4.68 Å². The van der Waals surface area contributed by atoms with Gasteiger partial charge in [-0.15, -0.1) is 5.10 Å². The molecule has 0 saturated carbocycles. The summed E-state index contributed by atoms with van der Waals surface area (Å²) in [7, 11) is 4.14. The molecule has 0 radical (unpaired) electrons. The second-order valence-electron chi connectivity index (χ2n) is 6.08. The number of hydrogen-bond acceptors (Lipinski definition) is 5. The van der Waals surface area contributed by atoms with Gasteiger partial charge in [-0.2, -0.15) is 4.98 Å². The summed E-state index contributed by atoms with van der Waals surface area (Å²) in [6, 6.07) is 2.14. The summed E-state index contributed by atoms with van der Waals surface area (Å²) in [5, 5.41) is 7.19. The zero-order valence-electron chi connectivity index (χ0n) is 13.3. The fourth-order valence-electron chi connectivity index (χ4n) is 2.78. The van der Waals surface area contributed by atoms with Gasteiger partial charge in [-0.3, -0.25) is 15.1 Å². The monoisotopic (exact) mass is 378 g/mol. The van der Waals surface area contributed by atoms with E-state index in [1.54, 1.807) is 12.3 Å². The van der Waals surface area contributed by atoms with Gasteiger partial charge < -0.3 is 4.90 Å². The molecule has 0 bridgehead atoms. The number of nitrogens with zero attached hydrogens (tertiary/aromatic N) is 5. The van der Waals surface area contributed by atoms with Crippen LogP contribution in [-0.2, 0) is 6.54 Å². The van der Waals surface area contributed by atoms with E-state index in [1.165, 1.54) is 6.20 Å². The molecule has 2 unspecified atom stereocenters. The second-order valence-corrected chi connectivity index (χ2v) is 6.99. The smallest absolute Gasteiger partial charge is 0.259 e. The van der Waals surface area contributed by atoms with Crippen molar-refractivity contribution in [1.29, 1.82) is 0 Å². The molecule has 2 aromatic rings. The van der Waals surface area contributed by atoms with Crippen molar-refractivity contribution in [2.75, 3.05) is 19.4 Å². The number of halogens is 1. The van der Waals surface area contributed by atoms with Crippen LogP contribution in [0.15, 0.2) is 22.9 Å². The van der Waals surface area contributed by atoms with Crippen LogP contribution >= 0.6 is 15.9 Å². The lowest BCUT2D eigenvalue weighted by Crippen LogP contribution is -2.38. The standard InChI is InChI=1S/C15H19BrN6O/c1-9-4-12(21(2)3)8-22-13(9)18-15(20-22)19-14(23)10-5-11(16)7-17-6-10/h5-7,9,12H,4,8H2,1-3H3,(H,19,20,23). The number of carbonyl (C=O) groups is 1. The fraction of sp³-hybridized carbons (Fsp3) is 0.467. The van der Waals surface area contributed by atoms with Crippen molar-refractivity contribution >= 4 is 27.8 Å². The number of carbonyl (C=O) groups excluding carboxylic acids is 1. The highest BCUT2D eigenvalue weighted by Crippen LogP contribution is 2.27. The van der Waals surface area contributed by atoms with E-state index in [0.717, 1.165) is 23.3 Å². The highest BCUT2D eigenvalue weighted by atomic mass is 79.9. The molecule has 0 spiro atoms. The van der Waals surface area contributed by atoms with Crippen LogP contribution in [0.5, 0.6) is 0 Å². The van der Waals surface area contributed by atoms with Gasteiger partial charge in [-0.05, 0) is 42.5 Å². The number of hydrogen-bond donors (Lipinski definition) is 1. The summed E-state index contributed by atoms with van der Waals surface area (Å²) < 4.78 is 2.65. The Morgan fingerprint density at radius 2 is 2.22 bits per heavy atom. The lowest BCUT2D eigenvalue weighted by atomic mass is 9.97. The zero-order valence-corrected chi connectivity index (χ0v) is 14.9. The summed E-state index contributed by atoms with van der Waals surface area (Å²) >= 11 is 3.31. The van der Waals surface area contributed by atoms with Gasteiger partial charge in [0.15, 0.2) is 0 Å². The Kier molecular flexibility index (Phi) is 4.45. The van der Waals surface area contributed by atoms with E-state index < -0.39 is 0 Å². The minimum atomic E-state index is -0.265. The maximum absolute atomic E-state index is 12.3. The van der Waals surface area contributed by atoms with Crippen molar-refractivity contribution in [1.82, 2.24) is 24.6 Å². The Hall–Kier alpha value is -1.80. The maximum Gasteiger partial charge on any atom is 0.259 e. The normalized spacial score (nSPS) is 20.4. The van der Waals surface area contributed by atoms with Crippen molar-refractivity contribution in [3.05, 3.63) is 34.3 Å². The molecule has 7 nitrogen and oxygen atoms in total. The van der Waals surface area contributed by atoms with Crippen molar-refractivity contribution in [3.8, 4) is 0 Å². The number of pyridine rings is 1. The van der Waals surface area contributed by atoms with E-state index in [1.807, 2.05) is 4.68 Å². The van der Waals surface area contributed by atoms with Crippen molar-refractivity contribution < 1.29 is 4.79 Å². The molecular formula is C15H19BrN6O. The summed E-state index contributed by atoms with van der Waals surface area (Å²) in [6.07, 6.45) is 4.18. The summed E-state index contributed by atoms with van der Waals surface area (Å²) in [5.41, 5.74) is 0.464. The number of likely N-dealkylation sites (N-methyl/N-ethyl adjacent to an activating group) is 1. The number of fused-ring (bicyclic) bond motifs is 1. The van der Waals surface area contributed by atoms with Crippen LogP contribution in [0.25, 0.3) is 0 Å². The molecule has 0 aromatic carbocycles. The topological polar surface area (TPSA) is 75.9 Å². The molecule has 2 aromatic heterocycles. The molecule has 1 aliphatic rings. The lowest BCUT2D eigenvalue weighted by molar-refractivity contribution is 0.102.